The summed E-state index contributed by atoms with van der Waals surface area (Å²) in [5.74, 6) is 0.326. The first-order chi connectivity index (χ1) is 13.1. The van der Waals surface area contributed by atoms with E-state index in [4.69, 9.17) is 0 Å². The Bertz CT molecular complexity index is 789. The Kier molecular flexibility index (Phi) is 5.16. The number of carbonyl (C=O) groups excluding carboxylic acids is 1. The molecule has 0 saturated heterocycles. The molecule has 0 spiro atoms. The van der Waals surface area contributed by atoms with Crippen molar-refractivity contribution < 1.29 is 9.90 Å². The number of nitrogens with one attached hydrogen (secondary N) is 1. The van der Waals surface area contributed by atoms with E-state index in [1.807, 2.05) is 23.0 Å². The molecule has 3 atom stereocenters. The van der Waals surface area contributed by atoms with Gasteiger partial charge in [-0.1, -0.05) is 12.1 Å². The second kappa shape index (κ2) is 7.72. The van der Waals surface area contributed by atoms with Gasteiger partial charge in [0.2, 0.25) is 5.91 Å². The minimum Gasteiger partial charge on any atom is -0.391 e. The lowest BCUT2D eigenvalue weighted by Gasteiger charge is -2.27. The third-order valence-electron chi connectivity index (χ3n) is 5.84. The molecule has 1 aromatic heterocycles. The highest BCUT2D eigenvalue weighted by Crippen LogP contribution is 2.28. The van der Waals surface area contributed by atoms with Crippen LogP contribution in [0.1, 0.15) is 30.4 Å². The zero-order chi connectivity index (χ0) is 18.8. The van der Waals surface area contributed by atoms with Crippen molar-refractivity contribution in [3.63, 3.8) is 0 Å². The molecular weight excluding hydrogens is 340 g/mol. The average molecular weight is 368 g/mol. The number of carbonyl (C=O) groups is 1. The van der Waals surface area contributed by atoms with Crippen molar-refractivity contribution in [2.24, 2.45) is 5.92 Å². The van der Waals surface area contributed by atoms with Crippen LogP contribution in [0.5, 0.6) is 0 Å². The molecule has 1 unspecified atom stereocenters. The Hall–Kier alpha value is -2.34. The fraction of sp³-hybridized carbons (Fsp3) is 0.524. The number of fused-ring (bicyclic) bond motifs is 1. The van der Waals surface area contributed by atoms with Crippen LogP contribution in [0.15, 0.2) is 36.7 Å². The third-order valence-corrected chi connectivity index (χ3v) is 5.84. The van der Waals surface area contributed by atoms with Crippen LogP contribution in [0.3, 0.4) is 0 Å². The Balaban J connectivity index is 1.33. The molecule has 6 heteroatoms. The first-order valence-electron chi connectivity index (χ1n) is 9.86. The number of aliphatic hydroxyl groups is 1. The van der Waals surface area contributed by atoms with Gasteiger partial charge in [-0.3, -0.25) is 9.48 Å². The van der Waals surface area contributed by atoms with E-state index in [1.54, 1.807) is 6.20 Å². The van der Waals surface area contributed by atoms with Crippen LogP contribution in [0.25, 0.3) is 0 Å². The Labute approximate surface area is 160 Å². The molecule has 1 saturated carbocycles. The molecule has 2 aliphatic rings. The van der Waals surface area contributed by atoms with Gasteiger partial charge in [-0.15, -0.1) is 0 Å². The number of aliphatic hydroxyl groups excluding tert-OH is 1. The Morgan fingerprint density at radius 2 is 2.26 bits per heavy atom. The molecular formula is C21H28N4O2. The van der Waals surface area contributed by atoms with Crippen molar-refractivity contribution in [1.29, 1.82) is 0 Å². The number of benzene rings is 1. The van der Waals surface area contributed by atoms with Crippen molar-refractivity contribution in [2.45, 2.75) is 50.8 Å². The van der Waals surface area contributed by atoms with Gasteiger partial charge < -0.3 is 15.3 Å². The summed E-state index contributed by atoms with van der Waals surface area (Å²) in [7, 11) is 2.12. The highest BCUT2D eigenvalue weighted by Gasteiger charge is 2.34. The van der Waals surface area contributed by atoms with E-state index >= 15 is 0 Å². The average Bonchev–Trinajstić information content (AvgIpc) is 3.25. The van der Waals surface area contributed by atoms with Gasteiger partial charge in [0.15, 0.2) is 0 Å². The molecule has 0 bridgehead atoms. The highest BCUT2D eigenvalue weighted by molar-refractivity contribution is 5.79. The number of hydrogen-bond donors (Lipinski definition) is 2. The molecule has 1 amide bonds. The van der Waals surface area contributed by atoms with Crippen molar-refractivity contribution in [3.8, 4) is 0 Å². The molecule has 6 nitrogen and oxygen atoms in total. The molecule has 1 fully saturated rings. The first kappa shape index (κ1) is 18.0. The van der Waals surface area contributed by atoms with Crippen LogP contribution in [0.4, 0.5) is 5.69 Å². The third kappa shape index (κ3) is 4.16. The van der Waals surface area contributed by atoms with E-state index in [-0.39, 0.29) is 11.9 Å². The number of amides is 1. The summed E-state index contributed by atoms with van der Waals surface area (Å²) in [6.07, 6.45) is 7.32. The van der Waals surface area contributed by atoms with Crippen LogP contribution >= 0.6 is 0 Å². The van der Waals surface area contributed by atoms with Crippen LogP contribution in [-0.4, -0.2) is 46.5 Å². The summed E-state index contributed by atoms with van der Waals surface area (Å²) in [5, 5.41) is 17.6. The lowest BCUT2D eigenvalue weighted by molar-refractivity contribution is -0.121. The monoisotopic (exact) mass is 368 g/mol. The molecule has 0 radical (unpaired) electrons. The van der Waals surface area contributed by atoms with Gasteiger partial charge in [0.1, 0.15) is 0 Å². The summed E-state index contributed by atoms with van der Waals surface area (Å²) in [6.45, 7) is 1.88. The van der Waals surface area contributed by atoms with Gasteiger partial charge >= 0.3 is 0 Å². The molecule has 2 heterocycles. The summed E-state index contributed by atoms with van der Waals surface area (Å²) >= 11 is 0. The SMILES string of the molecule is CN1CCCc2cc(CC(=O)N[C@@H]3CC(Cn4cccn4)C[C@H]3O)ccc21. The standard InChI is InChI=1S/C21H28N4O2/c1-24-8-2-4-17-10-15(5-6-19(17)24)13-21(27)23-18-11-16(12-20(18)26)14-25-9-3-7-22-25/h3,5-7,9-10,16,18,20,26H,2,4,8,11-14H2,1H3,(H,23,27)/t16?,18-,20-/m1/s1. The van der Waals surface area contributed by atoms with Gasteiger partial charge in [-0.05, 0) is 54.9 Å². The van der Waals surface area contributed by atoms with Crippen molar-refractivity contribution in [1.82, 2.24) is 15.1 Å². The molecule has 1 aromatic carbocycles. The summed E-state index contributed by atoms with van der Waals surface area (Å²) in [6, 6.07) is 8.08. The number of hydrogen-bond acceptors (Lipinski definition) is 4. The van der Waals surface area contributed by atoms with Gasteiger partial charge in [0.05, 0.1) is 18.6 Å². The summed E-state index contributed by atoms with van der Waals surface area (Å²) in [5.41, 5.74) is 3.65. The van der Waals surface area contributed by atoms with Crippen LogP contribution in [0.2, 0.25) is 0 Å². The predicted octanol–water partition coefficient (Wildman–Crippen LogP) is 1.76. The minimum atomic E-state index is -0.480. The minimum absolute atomic E-state index is 0.0112. The van der Waals surface area contributed by atoms with Crippen LogP contribution < -0.4 is 10.2 Å². The number of aromatic nitrogens is 2. The van der Waals surface area contributed by atoms with E-state index < -0.39 is 6.10 Å². The number of rotatable bonds is 5. The van der Waals surface area contributed by atoms with Crippen molar-refractivity contribution in [2.75, 3.05) is 18.5 Å². The Morgan fingerprint density at radius 3 is 3.07 bits per heavy atom. The van der Waals surface area contributed by atoms with Gasteiger partial charge in [0.25, 0.3) is 0 Å². The summed E-state index contributed by atoms with van der Waals surface area (Å²) < 4.78 is 1.89. The quantitative estimate of drug-likeness (QED) is 0.844. The van der Waals surface area contributed by atoms with E-state index in [1.165, 1.54) is 11.3 Å². The van der Waals surface area contributed by atoms with Crippen molar-refractivity contribution >= 4 is 11.6 Å². The van der Waals surface area contributed by atoms with Crippen molar-refractivity contribution in [3.05, 3.63) is 47.8 Å². The maximum atomic E-state index is 12.5. The van der Waals surface area contributed by atoms with Gasteiger partial charge in [-0.2, -0.15) is 5.10 Å². The number of anilines is 1. The first-order valence-corrected chi connectivity index (χ1v) is 9.86. The largest absolute Gasteiger partial charge is 0.391 e. The normalized spacial score (nSPS) is 24.7. The maximum absolute atomic E-state index is 12.5. The maximum Gasteiger partial charge on any atom is 0.224 e. The van der Waals surface area contributed by atoms with Gasteiger partial charge in [0, 0.05) is 38.2 Å². The van der Waals surface area contributed by atoms with E-state index in [0.29, 0.717) is 18.8 Å². The predicted molar refractivity (Wildman–Crippen MR) is 105 cm³/mol. The van der Waals surface area contributed by atoms with Crippen LogP contribution in [-0.2, 0) is 24.2 Å². The topological polar surface area (TPSA) is 70.4 Å². The number of aryl methyl sites for hydroxylation is 1. The second-order valence-electron chi connectivity index (χ2n) is 7.97. The van der Waals surface area contributed by atoms with Gasteiger partial charge in [-0.25, -0.2) is 0 Å². The second-order valence-corrected chi connectivity index (χ2v) is 7.97. The van der Waals surface area contributed by atoms with E-state index in [9.17, 15) is 9.90 Å². The lowest BCUT2D eigenvalue weighted by Crippen LogP contribution is -2.40. The summed E-state index contributed by atoms with van der Waals surface area (Å²) in [4.78, 5) is 14.8. The molecule has 27 heavy (non-hydrogen) atoms. The smallest absolute Gasteiger partial charge is 0.224 e. The molecule has 1 aliphatic carbocycles. The van der Waals surface area contributed by atoms with Crippen LogP contribution in [0, 0.1) is 5.92 Å². The molecule has 2 aromatic rings. The fourth-order valence-electron chi connectivity index (χ4n) is 4.49. The molecule has 1 aliphatic heterocycles. The van der Waals surface area contributed by atoms with E-state index in [0.717, 1.165) is 37.9 Å². The molecule has 4 rings (SSSR count). The molecule has 2 N–H and O–H groups in total. The van der Waals surface area contributed by atoms with E-state index in [2.05, 4.69) is 34.5 Å². The highest BCUT2D eigenvalue weighted by atomic mass is 16.3. The molecule has 144 valence electrons. The zero-order valence-corrected chi connectivity index (χ0v) is 15.8. The lowest BCUT2D eigenvalue weighted by atomic mass is 9.98. The zero-order valence-electron chi connectivity index (χ0n) is 15.8. The Morgan fingerprint density at radius 1 is 1.37 bits per heavy atom. The fourth-order valence-corrected chi connectivity index (χ4v) is 4.49. The number of nitrogens with zero attached hydrogens (tertiary/aromatic N) is 3.